The fourth-order valence-electron chi connectivity index (χ4n) is 3.13. The number of hydrogen-bond acceptors (Lipinski definition) is 4. The number of unbranched alkanes of at least 4 members (excludes halogenated alkanes) is 5. The van der Waals surface area contributed by atoms with Crippen molar-refractivity contribution in [2.24, 2.45) is 10.3 Å². The average Bonchev–Trinajstić information content (AvgIpc) is 2.65. The first-order valence-corrected chi connectivity index (χ1v) is 12.3. The maximum Gasteiger partial charge on any atom is 0.341 e. The maximum atomic E-state index is 12.3. The minimum atomic E-state index is -3.99. The Morgan fingerprint density at radius 1 is 1.13 bits per heavy atom. The lowest BCUT2D eigenvalue weighted by molar-refractivity contribution is -0.872. The predicted octanol–water partition coefficient (Wildman–Crippen LogP) is 3.95. The number of nitrogens with one attached hydrogen (secondary N) is 1. The van der Waals surface area contributed by atoms with Crippen LogP contribution in [0.15, 0.2) is 28.7 Å². The van der Waals surface area contributed by atoms with Gasteiger partial charge >= 0.3 is 16.2 Å². The second kappa shape index (κ2) is 13.3. The predicted molar refractivity (Wildman–Crippen MR) is 125 cm³/mol. The second-order valence-corrected chi connectivity index (χ2v) is 10.2. The molecule has 0 aromatic heterocycles. The molecular formula is C22H38N3O5S+. The normalized spacial score (nSPS) is 13.3. The smallest absolute Gasteiger partial charge is 0.341 e. The lowest BCUT2D eigenvalue weighted by atomic mass is 10.1. The summed E-state index contributed by atoms with van der Waals surface area (Å²) in [6, 6.07) is 6.65. The van der Waals surface area contributed by atoms with Crippen molar-refractivity contribution in [3.63, 3.8) is 0 Å². The van der Waals surface area contributed by atoms with Gasteiger partial charge in [-0.3, -0.25) is 9.52 Å². The minimum Gasteiger partial charge on any atom is -0.494 e. The number of nitrogens with zero attached hydrogens (tertiary/aromatic N) is 2. The van der Waals surface area contributed by atoms with Crippen LogP contribution in [-0.2, 0) is 15.0 Å². The fraction of sp³-hybridized carbons (Fsp3) is 0.636. The van der Waals surface area contributed by atoms with Crippen LogP contribution in [0.1, 0.15) is 51.9 Å². The zero-order valence-electron chi connectivity index (χ0n) is 19.2. The zero-order chi connectivity index (χ0) is 23.3. The number of hydrogen-bond donors (Lipinski definition) is 2. The highest BCUT2D eigenvalue weighted by Gasteiger charge is 2.20. The van der Waals surface area contributed by atoms with Crippen LogP contribution in [0.25, 0.3) is 0 Å². The number of anilines is 1. The summed E-state index contributed by atoms with van der Waals surface area (Å²) in [5, 5.41) is 9.05. The van der Waals surface area contributed by atoms with Crippen LogP contribution >= 0.6 is 0 Å². The highest BCUT2D eigenvalue weighted by molar-refractivity contribution is 7.91. The van der Waals surface area contributed by atoms with E-state index < -0.39 is 22.1 Å². The van der Waals surface area contributed by atoms with Crippen molar-refractivity contribution in [1.29, 1.82) is 0 Å². The minimum absolute atomic E-state index is 0.181. The van der Waals surface area contributed by atoms with Crippen molar-refractivity contribution in [2.75, 3.05) is 39.0 Å². The first-order valence-electron chi connectivity index (χ1n) is 10.8. The first kappa shape index (κ1) is 26.9. The Morgan fingerprint density at radius 3 is 2.32 bits per heavy atom. The Kier molecular flexibility index (Phi) is 11.6. The van der Waals surface area contributed by atoms with Gasteiger partial charge in [-0.15, -0.1) is 0 Å². The third-order valence-corrected chi connectivity index (χ3v) is 5.39. The van der Waals surface area contributed by atoms with Crippen LogP contribution in [-0.4, -0.2) is 64.5 Å². The number of quaternary nitrogens is 1. The molecule has 1 aromatic carbocycles. The van der Waals surface area contributed by atoms with E-state index in [-0.39, 0.29) is 6.42 Å². The van der Waals surface area contributed by atoms with E-state index >= 15 is 0 Å². The summed E-state index contributed by atoms with van der Waals surface area (Å²) in [5.74, 6) is -0.803. The Balaban J connectivity index is 2.56. The van der Waals surface area contributed by atoms with E-state index in [0.717, 1.165) is 12.8 Å². The molecular weight excluding hydrogens is 418 g/mol. The summed E-state index contributed by atoms with van der Waals surface area (Å²) in [6.45, 7) is 3.29. The van der Waals surface area contributed by atoms with Gasteiger partial charge in [-0.25, -0.2) is 0 Å². The molecule has 0 fully saturated rings. The van der Waals surface area contributed by atoms with E-state index in [4.69, 9.17) is 9.84 Å². The molecule has 0 aliphatic rings. The average molecular weight is 457 g/mol. The Morgan fingerprint density at radius 2 is 1.74 bits per heavy atom. The monoisotopic (exact) mass is 456 g/mol. The molecule has 31 heavy (non-hydrogen) atoms. The van der Waals surface area contributed by atoms with E-state index in [1.807, 2.05) is 21.1 Å². The standard InChI is InChI=1S/C22H37N3O5S/c1-5-6-7-8-9-10-15-30-21-13-11-20(12-14-21)24-31(28,29)23-17-19(16-22(26)27)18-25(2,3)4/h11-14,17,19,24H,5-10,15-16,18H2,1-4H3/p+1/b23-17+. The molecule has 176 valence electrons. The van der Waals surface area contributed by atoms with Crippen LogP contribution in [0.4, 0.5) is 5.69 Å². The highest BCUT2D eigenvalue weighted by Crippen LogP contribution is 2.18. The first-order chi connectivity index (χ1) is 14.5. The van der Waals surface area contributed by atoms with Gasteiger partial charge < -0.3 is 14.3 Å². The quantitative estimate of drug-likeness (QED) is 0.223. The molecule has 0 bridgehead atoms. The van der Waals surface area contributed by atoms with Gasteiger partial charge in [0, 0.05) is 6.21 Å². The van der Waals surface area contributed by atoms with Crippen LogP contribution < -0.4 is 9.46 Å². The molecule has 1 unspecified atom stereocenters. The number of rotatable bonds is 16. The topological polar surface area (TPSA) is 105 Å². The van der Waals surface area contributed by atoms with Crippen molar-refractivity contribution in [3.8, 4) is 5.75 Å². The molecule has 0 saturated carbocycles. The molecule has 0 radical (unpaired) electrons. The summed E-state index contributed by atoms with van der Waals surface area (Å²) in [4.78, 5) is 11.1. The van der Waals surface area contributed by atoms with Crippen molar-refractivity contribution in [1.82, 2.24) is 0 Å². The van der Waals surface area contributed by atoms with Gasteiger partial charge in [0.05, 0.1) is 52.3 Å². The molecule has 0 aliphatic carbocycles. The van der Waals surface area contributed by atoms with Crippen molar-refractivity contribution in [2.45, 2.75) is 51.9 Å². The van der Waals surface area contributed by atoms with Gasteiger partial charge in [-0.05, 0) is 30.7 Å². The molecule has 0 saturated heterocycles. The maximum absolute atomic E-state index is 12.3. The lowest BCUT2D eigenvalue weighted by Gasteiger charge is -2.26. The molecule has 1 atom stereocenters. The number of carboxylic acid groups (broad SMARTS) is 1. The SMILES string of the molecule is CCCCCCCCOc1ccc(NS(=O)(=O)/N=C/C(CC(=O)O)C[N+](C)(C)C)cc1. The van der Waals surface area contributed by atoms with Gasteiger partial charge in [0.1, 0.15) is 5.75 Å². The number of carboxylic acids is 1. The molecule has 8 nitrogen and oxygen atoms in total. The number of carbonyl (C=O) groups is 1. The van der Waals surface area contributed by atoms with Crippen molar-refractivity contribution >= 4 is 28.1 Å². The molecule has 9 heteroatoms. The van der Waals surface area contributed by atoms with Crippen LogP contribution in [0.3, 0.4) is 0 Å². The van der Waals surface area contributed by atoms with Crippen molar-refractivity contribution in [3.05, 3.63) is 24.3 Å². The molecule has 1 rings (SSSR count). The van der Waals surface area contributed by atoms with Gasteiger partial charge in [0.25, 0.3) is 0 Å². The number of benzene rings is 1. The Hall–Kier alpha value is -2.13. The second-order valence-electron chi connectivity index (χ2n) is 8.80. The lowest BCUT2D eigenvalue weighted by Crippen LogP contribution is -2.40. The van der Waals surface area contributed by atoms with Gasteiger partial charge in [0.15, 0.2) is 0 Å². The molecule has 2 N–H and O–H groups in total. The highest BCUT2D eigenvalue weighted by atomic mass is 32.2. The van der Waals surface area contributed by atoms with Gasteiger partial charge in [-0.2, -0.15) is 12.8 Å². The van der Waals surface area contributed by atoms with Crippen molar-refractivity contribution < 1.29 is 27.5 Å². The van der Waals surface area contributed by atoms with Crippen LogP contribution in [0.2, 0.25) is 0 Å². The van der Waals surface area contributed by atoms with E-state index in [1.165, 1.54) is 31.9 Å². The summed E-state index contributed by atoms with van der Waals surface area (Å²) in [7, 11) is 1.74. The summed E-state index contributed by atoms with van der Waals surface area (Å²) in [6.07, 6.45) is 8.16. The van der Waals surface area contributed by atoms with Crippen LogP contribution in [0, 0.1) is 5.92 Å². The van der Waals surface area contributed by atoms with Gasteiger partial charge in [0.2, 0.25) is 0 Å². The largest absolute Gasteiger partial charge is 0.494 e. The van der Waals surface area contributed by atoms with E-state index in [1.54, 1.807) is 24.3 Å². The molecule has 1 aromatic rings. The fourth-order valence-corrected chi connectivity index (χ4v) is 3.94. The zero-order valence-corrected chi connectivity index (χ0v) is 20.0. The van der Waals surface area contributed by atoms with E-state index in [2.05, 4.69) is 16.0 Å². The third kappa shape index (κ3) is 13.7. The van der Waals surface area contributed by atoms with Crippen LogP contribution in [0.5, 0.6) is 5.75 Å². The van der Waals surface area contributed by atoms with E-state index in [9.17, 15) is 13.2 Å². The molecule has 0 aliphatic heterocycles. The Bertz CT molecular complexity index is 786. The summed E-state index contributed by atoms with van der Waals surface area (Å²) < 4.78 is 36.7. The molecule has 0 amide bonds. The molecule has 0 spiro atoms. The van der Waals surface area contributed by atoms with Gasteiger partial charge in [-0.1, -0.05) is 39.0 Å². The number of aliphatic carboxylic acids is 1. The Labute approximate surface area is 187 Å². The number of ether oxygens (including phenoxy) is 1. The summed E-state index contributed by atoms with van der Waals surface area (Å²) in [5.41, 5.74) is 0.366. The van der Waals surface area contributed by atoms with E-state index in [0.29, 0.717) is 29.1 Å². The third-order valence-electron chi connectivity index (χ3n) is 4.50. The molecule has 0 heterocycles. The summed E-state index contributed by atoms with van der Waals surface area (Å²) >= 11 is 0.